The lowest BCUT2D eigenvalue weighted by Gasteiger charge is -2.29. The van der Waals surface area contributed by atoms with E-state index in [1.165, 1.54) is 6.07 Å². The molecule has 0 radical (unpaired) electrons. The number of rotatable bonds is 5. The minimum Gasteiger partial charge on any atom is -0.392 e. The van der Waals surface area contributed by atoms with E-state index in [1.54, 1.807) is 30.3 Å². The number of carbonyl (C=O) groups excluding carboxylic acids is 1. The van der Waals surface area contributed by atoms with E-state index in [0.717, 1.165) is 6.07 Å². The van der Waals surface area contributed by atoms with Gasteiger partial charge in [0.25, 0.3) is 0 Å². The number of nitrogens with zero attached hydrogens (tertiary/aromatic N) is 1. The predicted molar refractivity (Wildman–Crippen MR) is 103 cm³/mol. The number of carbonyl (C=O) groups is 1. The molecule has 156 valence electrons. The molecule has 3 N–H and O–H groups in total. The number of hydrogen-bond acceptors (Lipinski definition) is 4. The quantitative estimate of drug-likeness (QED) is 0.708. The van der Waals surface area contributed by atoms with Crippen molar-refractivity contribution in [3.05, 3.63) is 59.2 Å². The Labute approximate surface area is 166 Å². The van der Waals surface area contributed by atoms with E-state index < -0.39 is 17.8 Å². The molecule has 1 aliphatic heterocycles. The molecule has 2 aromatic rings. The topological polar surface area (TPSA) is 73.8 Å². The van der Waals surface area contributed by atoms with E-state index in [4.69, 9.17) is 4.74 Å². The number of ether oxygens (including phenoxy) is 1. The number of halogens is 3. The molecule has 1 heterocycles. The Hall–Kier alpha value is -2.78. The first-order chi connectivity index (χ1) is 13.9. The van der Waals surface area contributed by atoms with Crippen LogP contribution in [0, 0.1) is 0 Å². The molecule has 0 unspecified atom stereocenters. The minimum absolute atomic E-state index is 0.0791. The highest BCUT2D eigenvalue weighted by Crippen LogP contribution is 2.37. The van der Waals surface area contributed by atoms with Crippen molar-refractivity contribution in [1.82, 2.24) is 5.32 Å². The summed E-state index contributed by atoms with van der Waals surface area (Å²) in [5.74, 6) is 0. The lowest BCUT2D eigenvalue weighted by Crippen LogP contribution is -2.36. The van der Waals surface area contributed by atoms with Crippen LogP contribution in [0.4, 0.5) is 29.3 Å². The first-order valence-corrected chi connectivity index (χ1v) is 9.15. The van der Waals surface area contributed by atoms with Crippen molar-refractivity contribution in [2.45, 2.75) is 19.3 Å². The highest BCUT2D eigenvalue weighted by molar-refractivity contribution is 5.90. The molecule has 1 aliphatic rings. The summed E-state index contributed by atoms with van der Waals surface area (Å²) in [6.45, 7) is 1.82. The third-order valence-corrected chi connectivity index (χ3v) is 4.66. The number of hydrogen-bond donors (Lipinski definition) is 3. The van der Waals surface area contributed by atoms with Crippen LogP contribution in [-0.4, -0.2) is 37.4 Å². The number of aliphatic hydroxyl groups is 1. The van der Waals surface area contributed by atoms with Gasteiger partial charge in [0.1, 0.15) is 0 Å². The molecule has 2 aromatic carbocycles. The fraction of sp³-hybridized carbons (Fsp3) is 0.350. The average molecular weight is 409 g/mol. The molecular formula is C20H22F3N3O3. The molecule has 0 aromatic heterocycles. The van der Waals surface area contributed by atoms with Gasteiger partial charge in [-0.15, -0.1) is 0 Å². The zero-order valence-electron chi connectivity index (χ0n) is 15.6. The molecule has 0 atom stereocenters. The van der Waals surface area contributed by atoms with Crippen LogP contribution >= 0.6 is 0 Å². The van der Waals surface area contributed by atoms with Gasteiger partial charge in [0, 0.05) is 25.3 Å². The van der Waals surface area contributed by atoms with Crippen molar-refractivity contribution in [2.24, 2.45) is 0 Å². The highest BCUT2D eigenvalue weighted by Gasteiger charge is 2.34. The van der Waals surface area contributed by atoms with Crippen LogP contribution in [0.1, 0.15) is 16.7 Å². The summed E-state index contributed by atoms with van der Waals surface area (Å²) in [5, 5.41) is 14.1. The van der Waals surface area contributed by atoms with Gasteiger partial charge >= 0.3 is 12.2 Å². The smallest absolute Gasteiger partial charge is 0.392 e. The van der Waals surface area contributed by atoms with Crippen molar-refractivity contribution >= 4 is 17.4 Å². The lowest BCUT2D eigenvalue weighted by molar-refractivity contribution is -0.136. The SMILES string of the molecule is O=C(NCc1ccccc1CO)Nc1ccc(N2CCOCC2)cc1C(F)(F)F. The van der Waals surface area contributed by atoms with Gasteiger partial charge in [-0.2, -0.15) is 13.2 Å². The molecule has 0 saturated carbocycles. The molecule has 2 amide bonds. The second kappa shape index (κ2) is 9.15. The lowest BCUT2D eigenvalue weighted by atomic mass is 10.1. The number of aliphatic hydroxyl groups excluding tert-OH is 1. The number of nitrogens with one attached hydrogen (secondary N) is 2. The minimum atomic E-state index is -4.62. The largest absolute Gasteiger partial charge is 0.418 e. The Morgan fingerprint density at radius 3 is 2.45 bits per heavy atom. The van der Waals surface area contributed by atoms with Crippen molar-refractivity contribution in [1.29, 1.82) is 0 Å². The summed E-state index contributed by atoms with van der Waals surface area (Å²) >= 11 is 0. The molecule has 1 fully saturated rings. The van der Waals surface area contributed by atoms with Crippen LogP contribution in [0.3, 0.4) is 0 Å². The fourth-order valence-corrected chi connectivity index (χ4v) is 3.12. The van der Waals surface area contributed by atoms with E-state index in [2.05, 4.69) is 10.6 Å². The predicted octanol–water partition coefficient (Wildman–Crippen LogP) is 3.36. The van der Waals surface area contributed by atoms with Crippen molar-refractivity contribution in [3.8, 4) is 0 Å². The first-order valence-electron chi connectivity index (χ1n) is 9.15. The Morgan fingerprint density at radius 1 is 1.10 bits per heavy atom. The van der Waals surface area contributed by atoms with E-state index >= 15 is 0 Å². The molecule has 0 bridgehead atoms. The first kappa shape index (κ1) is 20.9. The molecule has 0 aliphatic carbocycles. The van der Waals surface area contributed by atoms with Crippen molar-refractivity contribution < 1.29 is 27.8 Å². The van der Waals surface area contributed by atoms with Gasteiger partial charge in [-0.05, 0) is 29.3 Å². The standard InChI is InChI=1S/C20H22F3N3O3/c21-20(22,23)17-11-16(26-7-9-29-10-8-26)5-6-18(17)25-19(28)24-12-14-3-1-2-4-15(14)13-27/h1-6,11,27H,7-10,12-13H2,(H2,24,25,28). The second-order valence-corrected chi connectivity index (χ2v) is 6.56. The number of anilines is 2. The molecule has 29 heavy (non-hydrogen) atoms. The van der Waals surface area contributed by atoms with Gasteiger partial charge < -0.3 is 25.4 Å². The number of benzene rings is 2. The maximum atomic E-state index is 13.6. The Kier molecular flexibility index (Phi) is 6.60. The summed E-state index contributed by atoms with van der Waals surface area (Å²) in [4.78, 5) is 14.0. The van der Waals surface area contributed by atoms with E-state index in [9.17, 15) is 23.1 Å². The summed E-state index contributed by atoms with van der Waals surface area (Å²) < 4.78 is 45.9. The monoisotopic (exact) mass is 409 g/mol. The molecule has 0 spiro atoms. The van der Waals surface area contributed by atoms with Gasteiger partial charge in [0.05, 0.1) is 31.1 Å². The van der Waals surface area contributed by atoms with Gasteiger partial charge in [0.2, 0.25) is 0 Å². The molecule has 9 heteroatoms. The van der Waals surface area contributed by atoms with Crippen LogP contribution in [-0.2, 0) is 24.1 Å². The fourth-order valence-electron chi connectivity index (χ4n) is 3.12. The van der Waals surface area contributed by atoms with E-state index in [1.807, 2.05) is 4.90 Å². The number of amides is 2. The second-order valence-electron chi connectivity index (χ2n) is 6.56. The number of alkyl halides is 3. The molecule has 1 saturated heterocycles. The normalized spacial score (nSPS) is 14.6. The summed E-state index contributed by atoms with van der Waals surface area (Å²) in [6.07, 6.45) is -4.62. The summed E-state index contributed by atoms with van der Waals surface area (Å²) in [7, 11) is 0. The van der Waals surface area contributed by atoms with Crippen molar-refractivity contribution in [2.75, 3.05) is 36.5 Å². The maximum Gasteiger partial charge on any atom is 0.418 e. The van der Waals surface area contributed by atoms with E-state index in [0.29, 0.717) is 43.1 Å². The van der Waals surface area contributed by atoms with E-state index in [-0.39, 0.29) is 18.8 Å². The maximum absolute atomic E-state index is 13.6. The number of urea groups is 1. The number of morpholine rings is 1. The summed E-state index contributed by atoms with van der Waals surface area (Å²) in [5.41, 5.74) is 0.529. The Balaban J connectivity index is 1.72. The van der Waals surface area contributed by atoms with Gasteiger partial charge in [-0.3, -0.25) is 0 Å². The zero-order chi connectivity index (χ0) is 20.9. The average Bonchev–Trinajstić information content (AvgIpc) is 2.72. The van der Waals surface area contributed by atoms with Crippen LogP contribution in [0.15, 0.2) is 42.5 Å². The molecule has 6 nitrogen and oxygen atoms in total. The third-order valence-electron chi connectivity index (χ3n) is 4.66. The third kappa shape index (κ3) is 5.39. The van der Waals surface area contributed by atoms with Crippen LogP contribution < -0.4 is 15.5 Å². The zero-order valence-corrected chi connectivity index (χ0v) is 15.6. The summed E-state index contributed by atoms with van der Waals surface area (Å²) in [6, 6.07) is 10.0. The van der Waals surface area contributed by atoms with Gasteiger partial charge in [-0.1, -0.05) is 24.3 Å². The van der Waals surface area contributed by atoms with Crippen LogP contribution in [0.5, 0.6) is 0 Å². The van der Waals surface area contributed by atoms with Gasteiger partial charge in [0.15, 0.2) is 0 Å². The Morgan fingerprint density at radius 2 is 1.79 bits per heavy atom. The molecular weight excluding hydrogens is 387 g/mol. The Bertz CT molecular complexity index is 852. The van der Waals surface area contributed by atoms with Crippen molar-refractivity contribution in [3.63, 3.8) is 0 Å². The molecule has 3 rings (SSSR count). The van der Waals surface area contributed by atoms with Gasteiger partial charge in [-0.25, -0.2) is 4.79 Å². The van der Waals surface area contributed by atoms with Crippen LogP contribution in [0.2, 0.25) is 0 Å². The highest BCUT2D eigenvalue weighted by atomic mass is 19.4. The van der Waals surface area contributed by atoms with Crippen LogP contribution in [0.25, 0.3) is 0 Å².